The Balaban J connectivity index is 1.65. The van der Waals surface area contributed by atoms with E-state index < -0.39 is 0 Å². The van der Waals surface area contributed by atoms with Crippen LogP contribution in [0.2, 0.25) is 0 Å². The Labute approximate surface area is 184 Å². The van der Waals surface area contributed by atoms with Crippen molar-refractivity contribution < 1.29 is 14.2 Å². The van der Waals surface area contributed by atoms with E-state index >= 15 is 0 Å². The smallest absolute Gasteiger partial charge is 0.191 e. The van der Waals surface area contributed by atoms with Crippen molar-refractivity contribution in [3.05, 3.63) is 41.7 Å². The Bertz CT molecular complexity index is 848. The zero-order valence-electron chi connectivity index (χ0n) is 18.9. The molecule has 0 radical (unpaired) electrons. The van der Waals surface area contributed by atoms with Gasteiger partial charge in [-0.15, -0.1) is 0 Å². The zero-order chi connectivity index (χ0) is 22.1. The number of benzene rings is 1. The van der Waals surface area contributed by atoms with Crippen LogP contribution in [-0.2, 0) is 18.2 Å². The van der Waals surface area contributed by atoms with Gasteiger partial charge in [0.05, 0.1) is 39.7 Å². The van der Waals surface area contributed by atoms with Crippen molar-refractivity contribution in [2.75, 3.05) is 60.7 Å². The number of methoxy groups -OCH3 is 2. The Morgan fingerprint density at radius 2 is 1.97 bits per heavy atom. The van der Waals surface area contributed by atoms with Crippen LogP contribution in [-0.4, -0.2) is 81.3 Å². The quantitative estimate of drug-likeness (QED) is 0.457. The molecule has 2 heterocycles. The topological polar surface area (TPSA) is 85.2 Å². The molecule has 9 nitrogen and oxygen atoms in total. The minimum atomic E-state index is 0.153. The maximum Gasteiger partial charge on any atom is 0.191 e. The minimum absolute atomic E-state index is 0.153. The molecule has 1 aliphatic rings. The third-order valence-corrected chi connectivity index (χ3v) is 5.43. The van der Waals surface area contributed by atoms with Crippen LogP contribution in [0.1, 0.15) is 17.2 Å². The van der Waals surface area contributed by atoms with E-state index in [9.17, 15) is 0 Å². The molecule has 2 aromatic rings. The van der Waals surface area contributed by atoms with Crippen LogP contribution >= 0.6 is 0 Å². The summed E-state index contributed by atoms with van der Waals surface area (Å²) in [6.07, 6.45) is 4.81. The van der Waals surface area contributed by atoms with Gasteiger partial charge in [-0.25, -0.2) is 0 Å². The first-order valence-electron chi connectivity index (χ1n) is 10.6. The molecular formula is C22H34N6O3. The first-order chi connectivity index (χ1) is 15.1. The molecular weight excluding hydrogens is 396 g/mol. The first-order valence-corrected chi connectivity index (χ1v) is 10.6. The molecule has 0 aliphatic carbocycles. The largest absolute Gasteiger partial charge is 0.493 e. The van der Waals surface area contributed by atoms with Crippen molar-refractivity contribution in [2.24, 2.45) is 12.0 Å². The molecule has 0 spiro atoms. The molecule has 0 amide bonds. The molecule has 1 unspecified atom stereocenters. The predicted octanol–water partition coefficient (Wildman–Crippen LogP) is 1.22. The van der Waals surface area contributed by atoms with Crippen LogP contribution < -0.4 is 20.1 Å². The van der Waals surface area contributed by atoms with Gasteiger partial charge >= 0.3 is 0 Å². The number of morpholine rings is 1. The van der Waals surface area contributed by atoms with Crippen LogP contribution in [0.25, 0.3) is 0 Å². The van der Waals surface area contributed by atoms with E-state index in [0.717, 1.165) is 62.3 Å². The number of rotatable bonds is 9. The summed E-state index contributed by atoms with van der Waals surface area (Å²) < 4.78 is 18.3. The van der Waals surface area contributed by atoms with Gasteiger partial charge in [0.25, 0.3) is 0 Å². The monoisotopic (exact) mass is 430 g/mol. The van der Waals surface area contributed by atoms with E-state index in [1.54, 1.807) is 21.3 Å². The maximum atomic E-state index is 5.56. The SMILES string of the molecule is CN=C(NCCc1cnn(C)c1)NCC(c1ccc(OC)c(OC)c1)N1CCOCC1. The fourth-order valence-corrected chi connectivity index (χ4v) is 3.75. The summed E-state index contributed by atoms with van der Waals surface area (Å²) in [7, 11) is 7.04. The van der Waals surface area contributed by atoms with Crippen LogP contribution in [0.3, 0.4) is 0 Å². The lowest BCUT2D eigenvalue weighted by Gasteiger charge is -2.35. The highest BCUT2D eigenvalue weighted by molar-refractivity contribution is 5.79. The van der Waals surface area contributed by atoms with Gasteiger partial charge in [-0.2, -0.15) is 5.10 Å². The summed E-state index contributed by atoms with van der Waals surface area (Å²) in [5.74, 6) is 2.24. The predicted molar refractivity (Wildman–Crippen MR) is 121 cm³/mol. The lowest BCUT2D eigenvalue weighted by molar-refractivity contribution is 0.0169. The molecule has 0 saturated carbocycles. The molecule has 1 atom stereocenters. The van der Waals surface area contributed by atoms with Crippen molar-refractivity contribution in [1.82, 2.24) is 25.3 Å². The van der Waals surface area contributed by atoms with Crippen molar-refractivity contribution >= 4 is 5.96 Å². The van der Waals surface area contributed by atoms with Gasteiger partial charge in [-0.3, -0.25) is 14.6 Å². The molecule has 2 N–H and O–H groups in total. The summed E-state index contributed by atoms with van der Waals surface area (Å²) in [5, 5.41) is 11.1. The number of nitrogens with zero attached hydrogens (tertiary/aromatic N) is 4. The van der Waals surface area contributed by atoms with Gasteiger partial charge in [-0.05, 0) is 29.7 Å². The number of hydrogen-bond donors (Lipinski definition) is 2. The number of aliphatic imine (C=N–C) groups is 1. The van der Waals surface area contributed by atoms with Crippen LogP contribution in [0.15, 0.2) is 35.6 Å². The Morgan fingerprint density at radius 1 is 1.19 bits per heavy atom. The lowest BCUT2D eigenvalue weighted by Crippen LogP contribution is -2.46. The number of guanidine groups is 1. The fraction of sp³-hybridized carbons (Fsp3) is 0.545. The molecule has 1 aromatic carbocycles. The van der Waals surface area contributed by atoms with Crippen LogP contribution in [0.5, 0.6) is 11.5 Å². The van der Waals surface area contributed by atoms with E-state index in [-0.39, 0.29) is 6.04 Å². The number of aryl methyl sites for hydroxylation is 1. The Hall–Kier alpha value is -2.78. The molecule has 1 fully saturated rings. The minimum Gasteiger partial charge on any atom is -0.493 e. The van der Waals surface area contributed by atoms with Crippen molar-refractivity contribution in [3.63, 3.8) is 0 Å². The summed E-state index contributed by atoms with van der Waals surface area (Å²) in [6, 6.07) is 6.27. The second-order valence-corrected chi connectivity index (χ2v) is 7.43. The van der Waals surface area contributed by atoms with Crippen molar-refractivity contribution in [3.8, 4) is 11.5 Å². The highest BCUT2D eigenvalue weighted by atomic mass is 16.5. The van der Waals surface area contributed by atoms with Crippen LogP contribution in [0.4, 0.5) is 0 Å². The number of hydrogen-bond acceptors (Lipinski definition) is 6. The molecule has 1 aromatic heterocycles. The van der Waals surface area contributed by atoms with Gasteiger partial charge in [0.2, 0.25) is 0 Å². The average molecular weight is 431 g/mol. The second-order valence-electron chi connectivity index (χ2n) is 7.43. The van der Waals surface area contributed by atoms with Crippen LogP contribution in [0, 0.1) is 0 Å². The zero-order valence-corrected chi connectivity index (χ0v) is 18.9. The van der Waals surface area contributed by atoms with Gasteiger partial charge in [-0.1, -0.05) is 6.07 Å². The third-order valence-electron chi connectivity index (χ3n) is 5.43. The number of nitrogens with one attached hydrogen (secondary N) is 2. The van der Waals surface area contributed by atoms with Crippen molar-refractivity contribution in [1.29, 1.82) is 0 Å². The Morgan fingerprint density at radius 3 is 2.61 bits per heavy atom. The molecule has 0 bridgehead atoms. The molecule has 1 saturated heterocycles. The van der Waals surface area contributed by atoms with E-state index in [1.807, 2.05) is 30.2 Å². The lowest BCUT2D eigenvalue weighted by atomic mass is 10.0. The third kappa shape index (κ3) is 6.35. The number of aromatic nitrogens is 2. The average Bonchev–Trinajstić information content (AvgIpc) is 3.23. The van der Waals surface area contributed by atoms with E-state index in [2.05, 4.69) is 37.8 Å². The first kappa shape index (κ1) is 22.9. The highest BCUT2D eigenvalue weighted by Crippen LogP contribution is 2.32. The van der Waals surface area contributed by atoms with Gasteiger partial charge in [0, 0.05) is 46.5 Å². The standard InChI is InChI=1S/C22H34N6O3/c1-23-22(24-8-7-17-14-26-27(2)16-17)25-15-19(28-9-11-31-12-10-28)18-5-6-20(29-3)21(13-18)30-4/h5-6,13-14,16,19H,7-12,15H2,1-4H3,(H2,23,24,25). The molecule has 170 valence electrons. The highest BCUT2D eigenvalue weighted by Gasteiger charge is 2.24. The summed E-state index contributed by atoms with van der Waals surface area (Å²) in [6.45, 7) is 4.73. The summed E-state index contributed by atoms with van der Waals surface area (Å²) in [4.78, 5) is 6.81. The van der Waals surface area contributed by atoms with Crippen molar-refractivity contribution in [2.45, 2.75) is 12.5 Å². The van der Waals surface area contributed by atoms with E-state index in [0.29, 0.717) is 6.54 Å². The fourth-order valence-electron chi connectivity index (χ4n) is 3.75. The molecule has 31 heavy (non-hydrogen) atoms. The summed E-state index contributed by atoms with van der Waals surface area (Å²) >= 11 is 0. The maximum absolute atomic E-state index is 5.56. The van der Waals surface area contributed by atoms with Gasteiger partial charge < -0.3 is 24.8 Å². The molecule has 3 rings (SSSR count). The molecule has 1 aliphatic heterocycles. The van der Waals surface area contributed by atoms with Gasteiger partial charge in [0.15, 0.2) is 17.5 Å². The number of ether oxygens (including phenoxy) is 3. The van der Waals surface area contributed by atoms with E-state index in [4.69, 9.17) is 14.2 Å². The van der Waals surface area contributed by atoms with E-state index in [1.165, 1.54) is 5.56 Å². The summed E-state index contributed by atoms with van der Waals surface area (Å²) in [5.41, 5.74) is 2.36. The Kier molecular flexibility index (Phi) is 8.54. The molecule has 9 heteroatoms. The van der Waals surface area contributed by atoms with Gasteiger partial charge in [0.1, 0.15) is 0 Å². The normalized spacial score (nSPS) is 16.1. The second kappa shape index (κ2) is 11.6.